The van der Waals surface area contributed by atoms with E-state index in [0.29, 0.717) is 6.42 Å². The quantitative estimate of drug-likeness (QED) is 0.371. The molecule has 0 spiro atoms. The van der Waals surface area contributed by atoms with Gasteiger partial charge in [-0.15, -0.1) is 0 Å². The van der Waals surface area contributed by atoms with E-state index in [0.717, 1.165) is 12.8 Å². The Morgan fingerprint density at radius 3 is 2.00 bits per heavy atom. The van der Waals surface area contributed by atoms with Gasteiger partial charge in [0.1, 0.15) is 0 Å². The van der Waals surface area contributed by atoms with Gasteiger partial charge in [0.25, 0.3) is 0 Å². The molecule has 0 fully saturated rings. The fourth-order valence-electron chi connectivity index (χ4n) is 1.68. The Kier molecular flexibility index (Phi) is 7.00. The van der Waals surface area contributed by atoms with Crippen molar-refractivity contribution in [3.05, 3.63) is 0 Å². The zero-order valence-electron chi connectivity index (χ0n) is 10.8. The van der Waals surface area contributed by atoms with Gasteiger partial charge in [-0.1, -0.05) is 26.2 Å². The summed E-state index contributed by atoms with van der Waals surface area (Å²) in [6.45, 7) is 3.61. The van der Waals surface area contributed by atoms with Gasteiger partial charge in [0.05, 0.1) is 13.0 Å². The van der Waals surface area contributed by atoms with Gasteiger partial charge in [-0.2, -0.15) is 0 Å². The van der Waals surface area contributed by atoms with E-state index in [9.17, 15) is 14.4 Å². The van der Waals surface area contributed by atoms with Crippen molar-refractivity contribution in [3.63, 3.8) is 0 Å². The third-order valence-corrected chi connectivity index (χ3v) is 2.78. The van der Waals surface area contributed by atoms with Crippen molar-refractivity contribution in [1.29, 1.82) is 0 Å². The van der Waals surface area contributed by atoms with Crippen molar-refractivity contribution < 1.29 is 29.3 Å². The monoisotopic (exact) mass is 260 g/mol. The first-order chi connectivity index (χ1) is 8.40. The Balaban J connectivity index is 4.92. The van der Waals surface area contributed by atoms with E-state index in [1.807, 2.05) is 6.92 Å². The van der Waals surface area contributed by atoms with Gasteiger partial charge in [0, 0.05) is 0 Å². The fourth-order valence-corrected chi connectivity index (χ4v) is 1.68. The first kappa shape index (κ1) is 16.4. The Morgan fingerprint density at radius 1 is 1.06 bits per heavy atom. The maximum atomic E-state index is 11.4. The van der Waals surface area contributed by atoms with Crippen LogP contribution in [-0.2, 0) is 19.1 Å². The van der Waals surface area contributed by atoms with E-state index in [2.05, 4.69) is 4.74 Å². The molecule has 0 unspecified atom stereocenters. The topological polar surface area (TPSA) is 101 Å². The third-order valence-electron chi connectivity index (χ3n) is 2.78. The minimum absolute atomic E-state index is 0.0652. The zero-order chi connectivity index (χ0) is 14.2. The number of carboxylic acid groups (broad SMARTS) is 2. The molecular weight excluding hydrogens is 240 g/mol. The molecule has 104 valence electrons. The molecule has 0 radical (unpaired) electrons. The van der Waals surface area contributed by atoms with Gasteiger partial charge in [-0.05, 0) is 13.3 Å². The highest BCUT2D eigenvalue weighted by atomic mass is 16.5. The van der Waals surface area contributed by atoms with Gasteiger partial charge < -0.3 is 14.9 Å². The Morgan fingerprint density at radius 2 is 1.61 bits per heavy atom. The van der Waals surface area contributed by atoms with Crippen LogP contribution in [0.1, 0.15) is 46.0 Å². The second-order valence-electron chi connectivity index (χ2n) is 4.13. The summed E-state index contributed by atoms with van der Waals surface area (Å²) in [5, 5.41) is 18.2. The highest BCUT2D eigenvalue weighted by Crippen LogP contribution is 2.31. The molecule has 0 atom stereocenters. The number of carbonyl (C=O) groups is 3. The predicted molar refractivity (Wildman–Crippen MR) is 63.1 cm³/mol. The number of rotatable bonds is 9. The standard InChI is InChI=1S/C12H20O6/c1-3-5-6-7-12(10(14)15,11(16)17)8-9(13)18-4-2/h3-8H2,1-2H3,(H,14,15)(H,16,17). The second kappa shape index (κ2) is 7.68. The number of carboxylic acids is 2. The van der Waals surface area contributed by atoms with Crippen LogP contribution < -0.4 is 0 Å². The smallest absolute Gasteiger partial charge is 0.321 e. The summed E-state index contributed by atoms with van der Waals surface area (Å²) in [5.74, 6) is -3.77. The van der Waals surface area contributed by atoms with Crippen molar-refractivity contribution in [1.82, 2.24) is 0 Å². The van der Waals surface area contributed by atoms with Crippen LogP contribution in [0, 0.1) is 5.41 Å². The normalized spacial score (nSPS) is 11.0. The molecule has 0 heterocycles. The van der Waals surface area contributed by atoms with Crippen LogP contribution in [0.4, 0.5) is 0 Å². The van der Waals surface area contributed by atoms with Gasteiger partial charge >= 0.3 is 17.9 Å². The van der Waals surface area contributed by atoms with Crippen LogP contribution in [0.25, 0.3) is 0 Å². The summed E-state index contributed by atoms with van der Waals surface area (Å²) >= 11 is 0. The lowest BCUT2D eigenvalue weighted by Gasteiger charge is -2.23. The number of ether oxygens (including phenoxy) is 1. The van der Waals surface area contributed by atoms with Crippen LogP contribution in [0.3, 0.4) is 0 Å². The van der Waals surface area contributed by atoms with E-state index in [1.54, 1.807) is 6.92 Å². The van der Waals surface area contributed by atoms with Crippen LogP contribution in [0.5, 0.6) is 0 Å². The van der Waals surface area contributed by atoms with Crippen molar-refractivity contribution >= 4 is 17.9 Å². The number of unbranched alkanes of at least 4 members (excludes halogenated alkanes) is 2. The highest BCUT2D eigenvalue weighted by molar-refractivity contribution is 6.01. The number of hydrogen-bond acceptors (Lipinski definition) is 4. The number of carbonyl (C=O) groups excluding carboxylic acids is 1. The molecule has 0 amide bonds. The fraction of sp³-hybridized carbons (Fsp3) is 0.750. The number of hydrogen-bond donors (Lipinski definition) is 2. The lowest BCUT2D eigenvalue weighted by Crippen LogP contribution is -2.41. The molecule has 0 aromatic carbocycles. The van der Waals surface area contributed by atoms with Crippen LogP contribution in [-0.4, -0.2) is 34.7 Å². The molecule has 0 rings (SSSR count). The summed E-state index contributed by atoms with van der Waals surface area (Å²) in [5.41, 5.74) is -2.07. The van der Waals surface area contributed by atoms with Crippen molar-refractivity contribution in [2.45, 2.75) is 46.0 Å². The molecule has 18 heavy (non-hydrogen) atoms. The summed E-state index contributed by atoms with van der Waals surface area (Å²) < 4.78 is 4.64. The average molecular weight is 260 g/mol. The number of esters is 1. The predicted octanol–water partition coefficient (Wildman–Crippen LogP) is 1.68. The summed E-state index contributed by atoms with van der Waals surface area (Å²) in [6, 6.07) is 0. The van der Waals surface area contributed by atoms with Gasteiger partial charge in [-0.3, -0.25) is 14.4 Å². The molecule has 0 saturated carbocycles. The van der Waals surface area contributed by atoms with Crippen LogP contribution >= 0.6 is 0 Å². The van der Waals surface area contributed by atoms with Crippen LogP contribution in [0.15, 0.2) is 0 Å². The molecule has 0 aromatic heterocycles. The van der Waals surface area contributed by atoms with Crippen molar-refractivity contribution in [2.24, 2.45) is 5.41 Å². The van der Waals surface area contributed by atoms with E-state index < -0.39 is 29.7 Å². The Labute approximate surface area is 106 Å². The minimum Gasteiger partial charge on any atom is -0.480 e. The minimum atomic E-state index is -2.07. The maximum absolute atomic E-state index is 11.4. The zero-order valence-corrected chi connectivity index (χ0v) is 10.8. The molecule has 0 saturated heterocycles. The van der Waals surface area contributed by atoms with Gasteiger partial charge in [-0.25, -0.2) is 0 Å². The molecule has 2 N–H and O–H groups in total. The lowest BCUT2D eigenvalue weighted by molar-refractivity contribution is -0.171. The molecule has 0 aliphatic heterocycles. The first-order valence-electron chi connectivity index (χ1n) is 6.03. The van der Waals surface area contributed by atoms with E-state index in [-0.39, 0.29) is 13.0 Å². The summed E-state index contributed by atoms with van der Waals surface area (Å²) in [4.78, 5) is 33.8. The summed E-state index contributed by atoms with van der Waals surface area (Å²) in [7, 11) is 0. The molecule has 0 aromatic rings. The first-order valence-corrected chi connectivity index (χ1v) is 6.03. The van der Waals surface area contributed by atoms with Crippen LogP contribution in [0.2, 0.25) is 0 Å². The molecule has 6 nitrogen and oxygen atoms in total. The molecule has 0 bridgehead atoms. The number of aliphatic carboxylic acids is 2. The average Bonchev–Trinajstić information content (AvgIpc) is 2.27. The molecule has 6 heteroatoms. The van der Waals surface area contributed by atoms with Crippen molar-refractivity contribution in [2.75, 3.05) is 6.61 Å². The van der Waals surface area contributed by atoms with Gasteiger partial charge in [0.2, 0.25) is 0 Å². The van der Waals surface area contributed by atoms with E-state index >= 15 is 0 Å². The summed E-state index contributed by atoms with van der Waals surface area (Å²) in [6.07, 6.45) is 1.33. The molecule has 0 aliphatic carbocycles. The molecule has 0 aliphatic rings. The largest absolute Gasteiger partial charge is 0.480 e. The third kappa shape index (κ3) is 4.35. The Bertz CT molecular complexity index is 296. The van der Waals surface area contributed by atoms with E-state index in [1.165, 1.54) is 0 Å². The van der Waals surface area contributed by atoms with Crippen molar-refractivity contribution in [3.8, 4) is 0 Å². The molecular formula is C12H20O6. The SMILES string of the molecule is CCCCCC(CC(=O)OCC)(C(=O)O)C(=O)O. The van der Waals surface area contributed by atoms with E-state index in [4.69, 9.17) is 10.2 Å². The highest BCUT2D eigenvalue weighted by Gasteiger charge is 2.48. The second-order valence-corrected chi connectivity index (χ2v) is 4.13. The maximum Gasteiger partial charge on any atom is 0.321 e. The van der Waals surface area contributed by atoms with Gasteiger partial charge in [0.15, 0.2) is 5.41 Å². The Hall–Kier alpha value is -1.59. The lowest BCUT2D eigenvalue weighted by atomic mass is 9.79.